The Kier molecular flexibility index (Phi) is 5.32. The van der Waals surface area contributed by atoms with E-state index in [1.54, 1.807) is 11.8 Å². The molecule has 0 atom stereocenters. The van der Waals surface area contributed by atoms with Gasteiger partial charge in [0, 0.05) is 39.4 Å². The molecule has 7 nitrogen and oxygen atoms in total. The highest BCUT2D eigenvalue weighted by atomic mass is 16.5. The van der Waals surface area contributed by atoms with Crippen LogP contribution in [0, 0.1) is 6.92 Å². The van der Waals surface area contributed by atoms with Crippen LogP contribution in [-0.4, -0.2) is 48.2 Å². The standard InChI is InChI=1S/C17H25N5O2/c1-13-15(17(23-3)21(2)20-13)12-18-11-14-4-5-19-16(10-14)22-6-8-24-9-7-22/h4-5,10,18H,6-9,11-12H2,1-3H3. The number of aryl methyl sites for hydroxylation is 2. The number of hydrogen-bond donors (Lipinski definition) is 1. The van der Waals surface area contributed by atoms with Crippen molar-refractivity contribution in [1.82, 2.24) is 20.1 Å². The zero-order valence-electron chi connectivity index (χ0n) is 14.6. The van der Waals surface area contributed by atoms with Gasteiger partial charge in [0.15, 0.2) is 0 Å². The van der Waals surface area contributed by atoms with Gasteiger partial charge in [-0.1, -0.05) is 0 Å². The molecule has 3 rings (SSSR count). The lowest BCUT2D eigenvalue weighted by Gasteiger charge is -2.28. The van der Waals surface area contributed by atoms with E-state index in [2.05, 4.69) is 26.4 Å². The Morgan fingerprint density at radius 3 is 2.83 bits per heavy atom. The lowest BCUT2D eigenvalue weighted by Crippen LogP contribution is -2.36. The van der Waals surface area contributed by atoms with Crippen LogP contribution in [-0.2, 0) is 24.9 Å². The van der Waals surface area contributed by atoms with E-state index in [9.17, 15) is 0 Å². The number of nitrogens with one attached hydrogen (secondary N) is 1. The van der Waals surface area contributed by atoms with E-state index >= 15 is 0 Å². The topological polar surface area (TPSA) is 64.4 Å². The van der Waals surface area contributed by atoms with E-state index in [-0.39, 0.29) is 0 Å². The molecule has 0 spiro atoms. The van der Waals surface area contributed by atoms with Gasteiger partial charge in [-0.2, -0.15) is 5.10 Å². The second-order valence-corrected chi connectivity index (χ2v) is 5.92. The van der Waals surface area contributed by atoms with E-state index in [0.29, 0.717) is 0 Å². The molecule has 3 heterocycles. The SMILES string of the molecule is COc1c(CNCc2ccnc(N3CCOCC3)c2)c(C)nn1C. The van der Waals surface area contributed by atoms with Gasteiger partial charge in [-0.25, -0.2) is 9.67 Å². The summed E-state index contributed by atoms with van der Waals surface area (Å²) >= 11 is 0. The van der Waals surface area contributed by atoms with Crippen molar-refractivity contribution >= 4 is 5.82 Å². The Bertz CT molecular complexity index is 680. The van der Waals surface area contributed by atoms with Crippen molar-refractivity contribution in [2.75, 3.05) is 38.3 Å². The summed E-state index contributed by atoms with van der Waals surface area (Å²) in [4.78, 5) is 6.75. The van der Waals surface area contributed by atoms with Gasteiger partial charge in [-0.15, -0.1) is 0 Å². The van der Waals surface area contributed by atoms with Gasteiger partial charge in [-0.05, 0) is 24.6 Å². The third-order valence-electron chi connectivity index (χ3n) is 4.26. The number of anilines is 1. The van der Waals surface area contributed by atoms with Crippen LogP contribution >= 0.6 is 0 Å². The van der Waals surface area contributed by atoms with Gasteiger partial charge in [0.1, 0.15) is 5.82 Å². The first-order valence-corrected chi connectivity index (χ1v) is 8.24. The maximum absolute atomic E-state index is 5.43. The summed E-state index contributed by atoms with van der Waals surface area (Å²) in [6.45, 7) is 6.83. The van der Waals surface area contributed by atoms with Crippen molar-refractivity contribution in [3.8, 4) is 5.88 Å². The summed E-state index contributed by atoms with van der Waals surface area (Å²) in [5.41, 5.74) is 3.31. The third kappa shape index (κ3) is 3.68. The predicted octanol–water partition coefficient (Wildman–Crippen LogP) is 1.26. The van der Waals surface area contributed by atoms with Gasteiger partial charge >= 0.3 is 0 Å². The van der Waals surface area contributed by atoms with Gasteiger partial charge in [0.2, 0.25) is 5.88 Å². The number of aromatic nitrogens is 3. The molecule has 130 valence electrons. The molecule has 1 N–H and O–H groups in total. The molecule has 0 aliphatic carbocycles. The molecule has 1 aliphatic rings. The first-order valence-electron chi connectivity index (χ1n) is 8.24. The van der Waals surface area contributed by atoms with E-state index in [0.717, 1.165) is 62.3 Å². The van der Waals surface area contributed by atoms with Crippen LogP contribution < -0.4 is 15.0 Å². The number of ether oxygens (including phenoxy) is 2. The fraction of sp³-hybridized carbons (Fsp3) is 0.529. The van der Waals surface area contributed by atoms with Crippen LogP contribution in [0.5, 0.6) is 5.88 Å². The summed E-state index contributed by atoms with van der Waals surface area (Å²) in [5.74, 6) is 1.83. The Morgan fingerprint density at radius 2 is 2.08 bits per heavy atom. The molecule has 1 aliphatic heterocycles. The first kappa shape index (κ1) is 16.7. The predicted molar refractivity (Wildman–Crippen MR) is 92.3 cm³/mol. The molecule has 0 saturated carbocycles. The molecular weight excluding hydrogens is 306 g/mol. The van der Waals surface area contributed by atoms with E-state index in [4.69, 9.17) is 9.47 Å². The molecule has 2 aromatic heterocycles. The van der Waals surface area contributed by atoms with Gasteiger partial charge < -0.3 is 19.7 Å². The highest BCUT2D eigenvalue weighted by Crippen LogP contribution is 2.21. The fourth-order valence-electron chi connectivity index (χ4n) is 3.01. The lowest BCUT2D eigenvalue weighted by molar-refractivity contribution is 0.122. The summed E-state index contributed by atoms with van der Waals surface area (Å²) in [5, 5.41) is 7.88. The number of hydrogen-bond acceptors (Lipinski definition) is 6. The fourth-order valence-corrected chi connectivity index (χ4v) is 3.01. The zero-order valence-corrected chi connectivity index (χ0v) is 14.6. The number of rotatable bonds is 6. The third-order valence-corrected chi connectivity index (χ3v) is 4.26. The molecule has 1 fully saturated rings. The molecule has 1 saturated heterocycles. The molecule has 2 aromatic rings. The van der Waals surface area contributed by atoms with Gasteiger partial charge in [0.05, 0.1) is 31.6 Å². The number of pyridine rings is 1. The molecule has 0 amide bonds. The quantitative estimate of drug-likeness (QED) is 0.860. The van der Waals surface area contributed by atoms with Crippen molar-refractivity contribution in [1.29, 1.82) is 0 Å². The van der Waals surface area contributed by atoms with Gasteiger partial charge in [-0.3, -0.25) is 0 Å². The average Bonchev–Trinajstić information content (AvgIpc) is 2.89. The van der Waals surface area contributed by atoms with Crippen LogP contribution in [0.4, 0.5) is 5.82 Å². The molecule has 7 heteroatoms. The molecule has 0 unspecified atom stereocenters. The Hall–Kier alpha value is -2.12. The van der Waals surface area contributed by atoms with E-state index in [1.807, 2.05) is 26.2 Å². The molecule has 0 aromatic carbocycles. The summed E-state index contributed by atoms with van der Waals surface area (Å²) < 4.78 is 12.6. The molecule has 0 bridgehead atoms. The highest BCUT2D eigenvalue weighted by molar-refractivity contribution is 5.41. The molecule has 0 radical (unpaired) electrons. The maximum atomic E-state index is 5.43. The van der Waals surface area contributed by atoms with Crippen LogP contribution in [0.2, 0.25) is 0 Å². The van der Waals surface area contributed by atoms with Crippen LogP contribution in [0.15, 0.2) is 18.3 Å². The minimum absolute atomic E-state index is 0.720. The lowest BCUT2D eigenvalue weighted by atomic mass is 10.2. The van der Waals surface area contributed by atoms with Crippen molar-refractivity contribution in [3.05, 3.63) is 35.2 Å². The Morgan fingerprint density at radius 1 is 1.29 bits per heavy atom. The smallest absolute Gasteiger partial charge is 0.216 e. The summed E-state index contributed by atoms with van der Waals surface area (Å²) in [6, 6.07) is 4.19. The van der Waals surface area contributed by atoms with Crippen molar-refractivity contribution < 1.29 is 9.47 Å². The van der Waals surface area contributed by atoms with Crippen molar-refractivity contribution in [2.45, 2.75) is 20.0 Å². The number of morpholine rings is 1. The number of methoxy groups -OCH3 is 1. The summed E-state index contributed by atoms with van der Waals surface area (Å²) in [6.07, 6.45) is 1.87. The van der Waals surface area contributed by atoms with E-state index < -0.39 is 0 Å². The number of nitrogens with zero attached hydrogens (tertiary/aromatic N) is 4. The minimum atomic E-state index is 0.720. The van der Waals surface area contributed by atoms with Crippen molar-refractivity contribution in [2.24, 2.45) is 7.05 Å². The Labute approximate surface area is 142 Å². The summed E-state index contributed by atoms with van der Waals surface area (Å²) in [7, 11) is 3.57. The minimum Gasteiger partial charge on any atom is -0.481 e. The zero-order chi connectivity index (χ0) is 16.9. The molecule has 24 heavy (non-hydrogen) atoms. The molecular formula is C17H25N5O2. The maximum Gasteiger partial charge on any atom is 0.216 e. The first-order chi connectivity index (χ1) is 11.7. The largest absolute Gasteiger partial charge is 0.481 e. The van der Waals surface area contributed by atoms with Crippen molar-refractivity contribution in [3.63, 3.8) is 0 Å². The van der Waals surface area contributed by atoms with Crippen LogP contribution in [0.3, 0.4) is 0 Å². The van der Waals surface area contributed by atoms with Crippen LogP contribution in [0.25, 0.3) is 0 Å². The highest BCUT2D eigenvalue weighted by Gasteiger charge is 2.14. The second-order valence-electron chi connectivity index (χ2n) is 5.92. The Balaban J connectivity index is 1.61. The normalized spacial score (nSPS) is 14.9. The van der Waals surface area contributed by atoms with Gasteiger partial charge in [0.25, 0.3) is 0 Å². The second kappa shape index (κ2) is 7.63. The monoisotopic (exact) mass is 331 g/mol. The van der Waals surface area contributed by atoms with E-state index in [1.165, 1.54) is 5.56 Å². The van der Waals surface area contributed by atoms with Crippen LogP contribution in [0.1, 0.15) is 16.8 Å². The average molecular weight is 331 g/mol.